The Morgan fingerprint density at radius 2 is 1.86 bits per heavy atom. The van der Waals surface area contributed by atoms with Crippen molar-refractivity contribution >= 4 is 22.3 Å². The second kappa shape index (κ2) is 5.72. The molecule has 0 aromatic heterocycles. The number of hydrogen-bond acceptors (Lipinski definition) is 1. The molecule has 0 bridgehead atoms. The molecule has 14 heavy (non-hydrogen) atoms. The molecule has 0 amide bonds. The van der Waals surface area contributed by atoms with E-state index in [4.69, 9.17) is 4.52 Å². The number of halogens is 1. The lowest BCUT2D eigenvalue weighted by Crippen LogP contribution is -1.95. The third-order valence-corrected chi connectivity index (χ3v) is 4.46. The van der Waals surface area contributed by atoms with Gasteiger partial charge in [-0.1, -0.05) is 31.5 Å². The van der Waals surface area contributed by atoms with Gasteiger partial charge in [0.25, 0.3) is 0 Å². The van der Waals surface area contributed by atoms with Crippen LogP contribution in [-0.2, 0) is 0 Å². The van der Waals surface area contributed by atoms with Crippen molar-refractivity contribution in [1.29, 1.82) is 0 Å². The highest BCUT2D eigenvalue weighted by atomic mass is 79.9. The van der Waals surface area contributed by atoms with Crippen LogP contribution in [0.4, 0.5) is 0 Å². The smallest absolute Gasteiger partial charge is 0.157 e. The molecule has 0 heterocycles. The molecule has 0 aliphatic rings. The van der Waals surface area contributed by atoms with Crippen molar-refractivity contribution in [3.63, 3.8) is 0 Å². The summed E-state index contributed by atoms with van der Waals surface area (Å²) in [7, 11) is 0. The Kier molecular flexibility index (Phi) is 4.91. The summed E-state index contributed by atoms with van der Waals surface area (Å²) in [6.07, 6.45) is 1.09. The van der Waals surface area contributed by atoms with E-state index in [-0.39, 0.29) is 0 Å². The lowest BCUT2D eigenvalue weighted by molar-refractivity contribution is 0.611. The van der Waals surface area contributed by atoms with Gasteiger partial charge in [0.1, 0.15) is 5.75 Å². The molecule has 0 N–H and O–H groups in total. The van der Waals surface area contributed by atoms with Crippen molar-refractivity contribution in [2.24, 2.45) is 5.92 Å². The first-order valence-electron chi connectivity index (χ1n) is 4.76. The molecule has 0 spiro atoms. The van der Waals surface area contributed by atoms with E-state index in [0.717, 1.165) is 11.9 Å². The summed E-state index contributed by atoms with van der Waals surface area (Å²) in [4.78, 5) is 0. The fourth-order valence-corrected chi connectivity index (χ4v) is 4.28. The molecule has 0 aliphatic carbocycles. The third-order valence-electron chi connectivity index (χ3n) is 1.73. The van der Waals surface area contributed by atoms with Crippen LogP contribution >= 0.6 is 22.3 Å². The van der Waals surface area contributed by atoms with Crippen LogP contribution in [0.25, 0.3) is 0 Å². The van der Waals surface area contributed by atoms with E-state index in [0.29, 0.717) is 5.92 Å². The first-order valence-corrected chi connectivity index (χ1v) is 8.22. The van der Waals surface area contributed by atoms with Crippen LogP contribution < -0.4 is 4.52 Å². The fourth-order valence-electron chi connectivity index (χ4n) is 1.04. The SMILES string of the molecule is Cc1ccc(OP(Br)CC(C)C)cc1. The Hall–Kier alpha value is -0.0700. The lowest BCUT2D eigenvalue weighted by atomic mass is 10.2. The van der Waals surface area contributed by atoms with Crippen LogP contribution in [0, 0.1) is 12.8 Å². The van der Waals surface area contributed by atoms with Crippen molar-refractivity contribution in [3.05, 3.63) is 29.8 Å². The highest BCUT2D eigenvalue weighted by Gasteiger charge is 2.08. The van der Waals surface area contributed by atoms with Gasteiger partial charge in [0.15, 0.2) is 6.85 Å². The van der Waals surface area contributed by atoms with E-state index < -0.39 is 6.85 Å². The van der Waals surface area contributed by atoms with E-state index >= 15 is 0 Å². The number of aryl methyl sites for hydroxylation is 1. The minimum atomic E-state index is -0.493. The van der Waals surface area contributed by atoms with Gasteiger partial charge in [-0.2, -0.15) is 0 Å². The molecule has 1 aromatic rings. The third kappa shape index (κ3) is 4.43. The Balaban J connectivity index is 2.47. The Labute approximate surface area is 95.4 Å². The molecule has 0 radical (unpaired) electrons. The zero-order valence-electron chi connectivity index (χ0n) is 8.83. The number of rotatable bonds is 4. The molecule has 1 rings (SSSR count). The van der Waals surface area contributed by atoms with E-state index in [1.54, 1.807) is 0 Å². The van der Waals surface area contributed by atoms with Gasteiger partial charge >= 0.3 is 0 Å². The van der Waals surface area contributed by atoms with E-state index in [9.17, 15) is 0 Å². The van der Waals surface area contributed by atoms with Crippen molar-refractivity contribution in [3.8, 4) is 5.75 Å². The van der Waals surface area contributed by atoms with Crippen molar-refractivity contribution in [2.45, 2.75) is 20.8 Å². The summed E-state index contributed by atoms with van der Waals surface area (Å²) in [5, 5.41) is 0. The van der Waals surface area contributed by atoms with Crippen LogP contribution in [0.3, 0.4) is 0 Å². The fraction of sp³-hybridized carbons (Fsp3) is 0.455. The zero-order chi connectivity index (χ0) is 10.6. The normalized spacial score (nSPS) is 12.9. The Morgan fingerprint density at radius 1 is 1.29 bits per heavy atom. The van der Waals surface area contributed by atoms with Crippen LogP contribution in [0.2, 0.25) is 0 Å². The molecule has 1 nitrogen and oxygen atoms in total. The maximum absolute atomic E-state index is 5.76. The highest BCUT2D eigenvalue weighted by Crippen LogP contribution is 2.46. The van der Waals surface area contributed by atoms with Crippen LogP contribution in [0.1, 0.15) is 19.4 Å². The van der Waals surface area contributed by atoms with Gasteiger partial charge in [0.2, 0.25) is 0 Å². The molecule has 0 aliphatic heterocycles. The van der Waals surface area contributed by atoms with Crippen LogP contribution in [0.15, 0.2) is 24.3 Å². The van der Waals surface area contributed by atoms with Crippen molar-refractivity contribution < 1.29 is 4.52 Å². The molecule has 1 aromatic carbocycles. The average Bonchev–Trinajstić information content (AvgIpc) is 2.07. The minimum Gasteiger partial charge on any atom is -0.463 e. The summed E-state index contributed by atoms with van der Waals surface area (Å²) in [5.41, 5.74) is 1.26. The topological polar surface area (TPSA) is 9.23 Å². The van der Waals surface area contributed by atoms with Crippen LogP contribution in [0.5, 0.6) is 5.75 Å². The van der Waals surface area contributed by atoms with Gasteiger partial charge in [-0.25, -0.2) is 0 Å². The molecule has 1 unspecified atom stereocenters. The monoisotopic (exact) mass is 274 g/mol. The van der Waals surface area contributed by atoms with Crippen molar-refractivity contribution in [2.75, 3.05) is 6.16 Å². The predicted octanol–water partition coefficient (Wildman–Crippen LogP) is 4.74. The Bertz CT molecular complexity index is 271. The van der Waals surface area contributed by atoms with E-state index in [2.05, 4.69) is 48.4 Å². The Morgan fingerprint density at radius 3 is 2.36 bits per heavy atom. The first kappa shape index (κ1) is 12.0. The second-order valence-corrected chi connectivity index (χ2v) is 7.35. The highest BCUT2D eigenvalue weighted by molar-refractivity contribution is 9.38. The average molecular weight is 275 g/mol. The van der Waals surface area contributed by atoms with Gasteiger partial charge in [0, 0.05) is 6.16 Å². The maximum atomic E-state index is 5.76. The van der Waals surface area contributed by atoms with Crippen LogP contribution in [-0.4, -0.2) is 6.16 Å². The van der Waals surface area contributed by atoms with Crippen molar-refractivity contribution in [1.82, 2.24) is 0 Å². The first-order chi connectivity index (χ1) is 6.58. The van der Waals surface area contributed by atoms with Gasteiger partial charge in [-0.15, -0.1) is 0 Å². The molecule has 3 heteroatoms. The summed E-state index contributed by atoms with van der Waals surface area (Å²) >= 11 is 3.58. The summed E-state index contributed by atoms with van der Waals surface area (Å²) in [5.74, 6) is 1.63. The number of hydrogen-bond donors (Lipinski definition) is 0. The quantitative estimate of drug-likeness (QED) is 0.721. The second-order valence-electron chi connectivity index (χ2n) is 3.80. The summed E-state index contributed by atoms with van der Waals surface area (Å²) < 4.78 is 5.76. The van der Waals surface area contributed by atoms with E-state index in [1.807, 2.05) is 12.1 Å². The minimum absolute atomic E-state index is 0.493. The van der Waals surface area contributed by atoms with Gasteiger partial charge in [-0.05, 0) is 40.5 Å². The predicted molar refractivity (Wildman–Crippen MR) is 67.4 cm³/mol. The zero-order valence-corrected chi connectivity index (χ0v) is 11.3. The van der Waals surface area contributed by atoms with Gasteiger partial charge in [0.05, 0.1) is 0 Å². The molecule has 0 saturated carbocycles. The molecule has 0 fully saturated rings. The summed E-state index contributed by atoms with van der Waals surface area (Å²) in [6, 6.07) is 8.18. The molecular formula is C11H16BrOP. The van der Waals surface area contributed by atoms with Gasteiger partial charge < -0.3 is 4.52 Å². The molecule has 78 valence electrons. The maximum Gasteiger partial charge on any atom is 0.157 e. The molecular weight excluding hydrogens is 259 g/mol. The molecule has 1 atom stereocenters. The molecule has 0 saturated heterocycles. The standard InChI is InChI=1S/C11H16BrOP/c1-9(2)8-14(12)13-11-6-4-10(3)5-7-11/h4-7,9H,8H2,1-3H3. The number of benzene rings is 1. The summed E-state index contributed by atoms with van der Waals surface area (Å²) in [6.45, 7) is 5.99. The lowest BCUT2D eigenvalue weighted by Gasteiger charge is -2.13. The largest absolute Gasteiger partial charge is 0.463 e. The van der Waals surface area contributed by atoms with E-state index in [1.165, 1.54) is 5.56 Å². The van der Waals surface area contributed by atoms with Gasteiger partial charge in [-0.3, -0.25) is 0 Å².